The highest BCUT2D eigenvalue weighted by Gasteiger charge is 2.16. The van der Waals surface area contributed by atoms with Gasteiger partial charge in [-0.3, -0.25) is 0 Å². The molecule has 17 heavy (non-hydrogen) atoms. The van der Waals surface area contributed by atoms with Gasteiger partial charge in [-0.05, 0) is 37.8 Å². The predicted molar refractivity (Wildman–Crippen MR) is 74.5 cm³/mol. The third-order valence-electron chi connectivity index (χ3n) is 2.73. The molecule has 0 radical (unpaired) electrons. The van der Waals surface area contributed by atoms with Gasteiger partial charge in [-0.15, -0.1) is 0 Å². The third-order valence-corrected chi connectivity index (χ3v) is 5.33. The summed E-state index contributed by atoms with van der Waals surface area (Å²) in [6.07, 6.45) is 1.12. The lowest BCUT2D eigenvalue weighted by Gasteiger charge is -2.19. The highest BCUT2D eigenvalue weighted by molar-refractivity contribution is 6.44. The summed E-state index contributed by atoms with van der Waals surface area (Å²) in [5, 5.41) is 0. The van der Waals surface area contributed by atoms with Gasteiger partial charge in [-0.25, -0.2) is 0 Å². The smallest absolute Gasteiger partial charge is 0.321 e. The molecule has 1 aromatic rings. The Balaban J connectivity index is 2.38. The second-order valence-electron chi connectivity index (χ2n) is 4.37. The second-order valence-corrected chi connectivity index (χ2v) is 6.37. The fourth-order valence-electron chi connectivity index (χ4n) is 1.98. The van der Waals surface area contributed by atoms with Crippen LogP contribution in [0.15, 0.2) is 30.3 Å². The molecule has 0 aliphatic rings. The number of benzene rings is 1. The zero-order valence-electron chi connectivity index (χ0n) is 11.2. The Hall–Kier alpha value is -0.643. The topological polar surface area (TPSA) is 18.5 Å². The molecule has 1 unspecified atom stereocenters. The predicted octanol–water partition coefficient (Wildman–Crippen LogP) is 3.16. The lowest BCUT2D eigenvalue weighted by molar-refractivity contribution is 0.209. The summed E-state index contributed by atoms with van der Waals surface area (Å²) in [5.41, 5.74) is 1.40. The maximum atomic E-state index is 5.71. The molecule has 2 nitrogen and oxygen atoms in total. The van der Waals surface area contributed by atoms with Crippen molar-refractivity contribution < 1.29 is 8.85 Å². The van der Waals surface area contributed by atoms with Crippen LogP contribution in [0, 0.1) is 5.92 Å². The van der Waals surface area contributed by atoms with Crippen LogP contribution in [0.5, 0.6) is 0 Å². The maximum Gasteiger partial charge on any atom is 0.321 e. The molecule has 1 aromatic carbocycles. The first-order chi connectivity index (χ1) is 8.26. The van der Waals surface area contributed by atoms with Gasteiger partial charge in [-0.2, -0.15) is 0 Å². The molecule has 0 saturated carbocycles. The van der Waals surface area contributed by atoms with Crippen LogP contribution in [0.25, 0.3) is 0 Å². The van der Waals surface area contributed by atoms with E-state index in [1.54, 1.807) is 0 Å². The van der Waals surface area contributed by atoms with Crippen molar-refractivity contribution in [1.82, 2.24) is 0 Å². The molecule has 0 fully saturated rings. The zero-order valence-corrected chi connectivity index (χ0v) is 12.3. The molecule has 0 aliphatic carbocycles. The minimum Gasteiger partial charge on any atom is -0.397 e. The highest BCUT2D eigenvalue weighted by Crippen LogP contribution is 2.15. The third kappa shape index (κ3) is 6.01. The van der Waals surface area contributed by atoms with E-state index >= 15 is 0 Å². The van der Waals surface area contributed by atoms with E-state index in [4.69, 9.17) is 8.85 Å². The van der Waals surface area contributed by atoms with E-state index in [-0.39, 0.29) is 0 Å². The van der Waals surface area contributed by atoms with Gasteiger partial charge >= 0.3 is 9.28 Å². The quantitative estimate of drug-likeness (QED) is 0.662. The van der Waals surface area contributed by atoms with E-state index in [1.807, 2.05) is 13.8 Å². The molecular formula is C14H24O2Si. The van der Waals surface area contributed by atoms with Gasteiger partial charge in [0.1, 0.15) is 0 Å². The van der Waals surface area contributed by atoms with E-state index in [1.165, 1.54) is 5.56 Å². The van der Waals surface area contributed by atoms with Crippen LogP contribution in [-0.4, -0.2) is 22.5 Å². The first-order valence-electron chi connectivity index (χ1n) is 6.53. The van der Waals surface area contributed by atoms with Crippen LogP contribution in [0.4, 0.5) is 0 Å². The van der Waals surface area contributed by atoms with Crippen molar-refractivity contribution in [1.29, 1.82) is 0 Å². The molecule has 0 aliphatic heterocycles. The van der Waals surface area contributed by atoms with Crippen molar-refractivity contribution in [2.45, 2.75) is 33.2 Å². The molecule has 1 rings (SSSR count). The Morgan fingerprint density at radius 3 is 2.18 bits per heavy atom. The van der Waals surface area contributed by atoms with Gasteiger partial charge in [0.25, 0.3) is 0 Å². The zero-order chi connectivity index (χ0) is 12.5. The second kappa shape index (κ2) is 8.45. The Bertz CT molecular complexity index is 284. The van der Waals surface area contributed by atoms with Crippen LogP contribution in [-0.2, 0) is 15.3 Å². The van der Waals surface area contributed by atoms with Crippen molar-refractivity contribution in [3.63, 3.8) is 0 Å². The van der Waals surface area contributed by atoms with Gasteiger partial charge < -0.3 is 8.85 Å². The maximum absolute atomic E-state index is 5.71. The summed E-state index contributed by atoms with van der Waals surface area (Å²) in [7, 11) is -1.43. The Morgan fingerprint density at radius 2 is 1.65 bits per heavy atom. The van der Waals surface area contributed by atoms with Crippen molar-refractivity contribution in [2.24, 2.45) is 5.92 Å². The Kier molecular flexibility index (Phi) is 7.16. The van der Waals surface area contributed by atoms with Crippen molar-refractivity contribution in [3.05, 3.63) is 35.9 Å². The average Bonchev–Trinajstić information content (AvgIpc) is 2.30. The summed E-state index contributed by atoms with van der Waals surface area (Å²) in [6.45, 7) is 7.91. The van der Waals surface area contributed by atoms with E-state index in [2.05, 4.69) is 37.3 Å². The van der Waals surface area contributed by atoms with E-state index in [9.17, 15) is 0 Å². The molecule has 0 bridgehead atoms. The molecule has 0 saturated heterocycles. The number of hydrogen-bond donors (Lipinski definition) is 0. The van der Waals surface area contributed by atoms with Crippen LogP contribution in [0.3, 0.4) is 0 Å². The molecule has 1 atom stereocenters. The monoisotopic (exact) mass is 252 g/mol. The SMILES string of the molecule is CCO[SiH](CC(C)Cc1ccccc1)OCC. The standard InChI is InChI=1S/C14H24O2Si/c1-4-15-17(16-5-2)12-13(3)11-14-9-7-6-8-10-14/h6-10,13,17H,4-5,11-12H2,1-3H3. The fourth-order valence-corrected chi connectivity index (χ4v) is 3.92. The molecular weight excluding hydrogens is 228 g/mol. The van der Waals surface area contributed by atoms with Gasteiger partial charge in [-0.1, -0.05) is 37.3 Å². The lowest BCUT2D eigenvalue weighted by Crippen LogP contribution is -2.25. The van der Waals surface area contributed by atoms with Crippen LogP contribution < -0.4 is 0 Å². The summed E-state index contributed by atoms with van der Waals surface area (Å²) in [4.78, 5) is 0. The Labute approximate surface area is 107 Å². The van der Waals surface area contributed by atoms with Crippen molar-refractivity contribution in [3.8, 4) is 0 Å². The van der Waals surface area contributed by atoms with Gasteiger partial charge in [0, 0.05) is 13.2 Å². The molecule has 0 spiro atoms. The molecule has 96 valence electrons. The van der Waals surface area contributed by atoms with Gasteiger partial charge in [0.05, 0.1) is 0 Å². The molecule has 0 heterocycles. The van der Waals surface area contributed by atoms with Gasteiger partial charge in [0.15, 0.2) is 0 Å². The van der Waals surface area contributed by atoms with Crippen molar-refractivity contribution >= 4 is 9.28 Å². The largest absolute Gasteiger partial charge is 0.397 e. The first-order valence-corrected chi connectivity index (χ1v) is 8.29. The summed E-state index contributed by atoms with van der Waals surface area (Å²) >= 11 is 0. The van der Waals surface area contributed by atoms with Crippen LogP contribution >= 0.6 is 0 Å². The van der Waals surface area contributed by atoms with Gasteiger partial charge in [0.2, 0.25) is 0 Å². The van der Waals surface area contributed by atoms with E-state index < -0.39 is 9.28 Å². The van der Waals surface area contributed by atoms with E-state index in [0.717, 1.165) is 25.7 Å². The average molecular weight is 252 g/mol. The first kappa shape index (κ1) is 14.4. The summed E-state index contributed by atoms with van der Waals surface area (Å²) in [6, 6.07) is 11.7. The summed E-state index contributed by atoms with van der Waals surface area (Å²) < 4.78 is 11.4. The minimum absolute atomic E-state index is 0.632. The highest BCUT2D eigenvalue weighted by atomic mass is 28.3. The molecule has 0 amide bonds. The molecule has 0 aromatic heterocycles. The van der Waals surface area contributed by atoms with Crippen LogP contribution in [0.2, 0.25) is 6.04 Å². The number of rotatable bonds is 8. The number of hydrogen-bond acceptors (Lipinski definition) is 2. The minimum atomic E-state index is -1.43. The fraction of sp³-hybridized carbons (Fsp3) is 0.571. The van der Waals surface area contributed by atoms with Crippen molar-refractivity contribution in [2.75, 3.05) is 13.2 Å². The normalized spacial score (nSPS) is 12.9. The molecule has 3 heteroatoms. The summed E-state index contributed by atoms with van der Waals surface area (Å²) in [5.74, 6) is 0.632. The molecule has 0 N–H and O–H groups in total. The lowest BCUT2D eigenvalue weighted by atomic mass is 10.0. The van der Waals surface area contributed by atoms with E-state index in [0.29, 0.717) is 5.92 Å². The Morgan fingerprint density at radius 1 is 1.06 bits per heavy atom. The van der Waals surface area contributed by atoms with Crippen LogP contribution in [0.1, 0.15) is 26.3 Å².